The van der Waals surface area contributed by atoms with Crippen LogP contribution in [0.2, 0.25) is 0 Å². The van der Waals surface area contributed by atoms with Gasteiger partial charge in [0, 0.05) is 13.2 Å². The van der Waals surface area contributed by atoms with Gasteiger partial charge in [-0.1, -0.05) is 12.8 Å². The molecule has 2 unspecified atom stereocenters. The summed E-state index contributed by atoms with van der Waals surface area (Å²) in [5.74, 6) is 1.28. The molecule has 1 fully saturated rings. The van der Waals surface area contributed by atoms with E-state index in [-0.39, 0.29) is 12.4 Å². The third-order valence-corrected chi connectivity index (χ3v) is 3.57. The monoisotopic (exact) mass is 238 g/mol. The molecule has 0 bridgehead atoms. The first-order valence-corrected chi connectivity index (χ1v) is 6.26. The number of pyridine rings is 1. The average Bonchev–Trinajstić information content (AvgIpc) is 2.38. The lowest BCUT2D eigenvalue weighted by atomic mass is 9.79. The highest BCUT2D eigenvalue weighted by atomic mass is 19.1. The minimum Gasteiger partial charge on any atom is -0.396 e. The molecule has 2 N–H and O–H groups in total. The van der Waals surface area contributed by atoms with Crippen molar-refractivity contribution in [3.8, 4) is 0 Å². The van der Waals surface area contributed by atoms with Gasteiger partial charge in [0.25, 0.3) is 0 Å². The van der Waals surface area contributed by atoms with Crippen LogP contribution in [0.1, 0.15) is 25.7 Å². The molecule has 0 saturated heterocycles. The van der Waals surface area contributed by atoms with Crippen molar-refractivity contribution >= 4 is 5.82 Å². The molecular weight excluding hydrogens is 219 g/mol. The number of nitrogens with one attached hydrogen (secondary N) is 1. The highest BCUT2D eigenvalue weighted by Gasteiger charge is 2.24. The Bertz CT molecular complexity index is 342. The Morgan fingerprint density at radius 3 is 2.71 bits per heavy atom. The fourth-order valence-electron chi connectivity index (χ4n) is 2.51. The van der Waals surface area contributed by atoms with E-state index in [0.717, 1.165) is 19.4 Å². The number of rotatable bonds is 4. The number of halogens is 1. The number of hydrogen-bond acceptors (Lipinski definition) is 3. The van der Waals surface area contributed by atoms with Crippen LogP contribution in [-0.4, -0.2) is 23.2 Å². The third kappa shape index (κ3) is 3.40. The maximum absolute atomic E-state index is 12.7. The van der Waals surface area contributed by atoms with E-state index in [1.54, 1.807) is 6.07 Å². The van der Waals surface area contributed by atoms with Crippen molar-refractivity contribution in [1.82, 2.24) is 4.98 Å². The number of aliphatic hydroxyl groups excluding tert-OH is 1. The minimum absolute atomic E-state index is 0.267. The summed E-state index contributed by atoms with van der Waals surface area (Å²) in [6.07, 6.45) is 5.93. The first-order chi connectivity index (χ1) is 8.29. The fraction of sp³-hybridized carbons (Fsp3) is 0.615. The van der Waals surface area contributed by atoms with Crippen molar-refractivity contribution in [2.24, 2.45) is 11.8 Å². The molecule has 0 spiro atoms. The summed E-state index contributed by atoms with van der Waals surface area (Å²) in [6, 6.07) is 3.05. The van der Waals surface area contributed by atoms with E-state index in [9.17, 15) is 9.50 Å². The molecule has 1 aromatic heterocycles. The zero-order valence-corrected chi connectivity index (χ0v) is 9.90. The van der Waals surface area contributed by atoms with Gasteiger partial charge in [-0.3, -0.25) is 0 Å². The second kappa shape index (κ2) is 5.96. The van der Waals surface area contributed by atoms with Gasteiger partial charge in [-0.25, -0.2) is 9.37 Å². The maximum atomic E-state index is 12.7. The van der Waals surface area contributed by atoms with Gasteiger partial charge in [0.1, 0.15) is 11.6 Å². The second-order valence-electron chi connectivity index (χ2n) is 4.73. The highest BCUT2D eigenvalue weighted by molar-refractivity contribution is 5.33. The molecule has 1 aliphatic carbocycles. The number of nitrogens with zero attached hydrogens (tertiary/aromatic N) is 1. The molecule has 1 heterocycles. The molecule has 2 atom stereocenters. The van der Waals surface area contributed by atoms with Crippen LogP contribution in [0.3, 0.4) is 0 Å². The average molecular weight is 238 g/mol. The van der Waals surface area contributed by atoms with Crippen LogP contribution < -0.4 is 5.32 Å². The van der Waals surface area contributed by atoms with Crippen molar-refractivity contribution < 1.29 is 9.50 Å². The molecule has 1 aliphatic rings. The summed E-state index contributed by atoms with van der Waals surface area (Å²) < 4.78 is 12.7. The highest BCUT2D eigenvalue weighted by Crippen LogP contribution is 2.29. The van der Waals surface area contributed by atoms with E-state index in [2.05, 4.69) is 10.3 Å². The number of anilines is 1. The Morgan fingerprint density at radius 1 is 1.29 bits per heavy atom. The molecule has 4 heteroatoms. The van der Waals surface area contributed by atoms with Crippen molar-refractivity contribution in [2.75, 3.05) is 18.5 Å². The summed E-state index contributed by atoms with van der Waals surface area (Å²) in [5.41, 5.74) is 0. The Hall–Kier alpha value is -1.16. The van der Waals surface area contributed by atoms with Gasteiger partial charge in [-0.2, -0.15) is 0 Å². The molecule has 2 rings (SSSR count). The SMILES string of the molecule is OCC1CCCCC1CNc1ccc(F)cn1. The van der Waals surface area contributed by atoms with Gasteiger partial charge in [0.15, 0.2) is 0 Å². The Kier molecular flexibility index (Phi) is 4.31. The van der Waals surface area contributed by atoms with Crippen LogP contribution >= 0.6 is 0 Å². The van der Waals surface area contributed by atoms with Crippen LogP contribution in [0, 0.1) is 17.7 Å². The quantitative estimate of drug-likeness (QED) is 0.846. The van der Waals surface area contributed by atoms with Gasteiger partial charge >= 0.3 is 0 Å². The van der Waals surface area contributed by atoms with Gasteiger partial charge in [-0.05, 0) is 36.8 Å². The molecule has 1 aromatic rings. The van der Waals surface area contributed by atoms with Crippen LogP contribution in [-0.2, 0) is 0 Å². The molecule has 0 aromatic carbocycles. The standard InChI is InChI=1S/C13H19FN2O/c14-12-5-6-13(16-8-12)15-7-10-3-1-2-4-11(10)9-17/h5-6,8,10-11,17H,1-4,7,9H2,(H,15,16). The van der Waals surface area contributed by atoms with Crippen LogP contribution in [0.15, 0.2) is 18.3 Å². The zero-order chi connectivity index (χ0) is 12.1. The van der Waals surface area contributed by atoms with Gasteiger partial charge in [0.2, 0.25) is 0 Å². The lowest BCUT2D eigenvalue weighted by Crippen LogP contribution is -2.28. The summed E-state index contributed by atoms with van der Waals surface area (Å²) in [4.78, 5) is 3.96. The number of aromatic nitrogens is 1. The predicted molar refractivity (Wildman–Crippen MR) is 65.2 cm³/mol. The smallest absolute Gasteiger partial charge is 0.141 e. The molecule has 0 aliphatic heterocycles. The molecular formula is C13H19FN2O. The van der Waals surface area contributed by atoms with E-state index in [4.69, 9.17) is 0 Å². The Balaban J connectivity index is 1.86. The summed E-state index contributed by atoms with van der Waals surface area (Å²) in [7, 11) is 0. The normalized spacial score (nSPS) is 24.6. The van der Waals surface area contributed by atoms with Crippen molar-refractivity contribution in [2.45, 2.75) is 25.7 Å². The van der Waals surface area contributed by atoms with Gasteiger partial charge < -0.3 is 10.4 Å². The van der Waals surface area contributed by atoms with Crippen molar-refractivity contribution in [3.05, 3.63) is 24.1 Å². The molecule has 17 heavy (non-hydrogen) atoms. The first-order valence-electron chi connectivity index (χ1n) is 6.26. The second-order valence-corrected chi connectivity index (χ2v) is 4.73. The topological polar surface area (TPSA) is 45.1 Å². The molecule has 94 valence electrons. The molecule has 3 nitrogen and oxygen atoms in total. The van der Waals surface area contributed by atoms with Crippen LogP contribution in [0.25, 0.3) is 0 Å². The number of aliphatic hydroxyl groups is 1. The van der Waals surface area contributed by atoms with E-state index in [1.807, 2.05) is 0 Å². The first kappa shape index (κ1) is 12.3. The fourth-order valence-corrected chi connectivity index (χ4v) is 2.51. The van der Waals surface area contributed by atoms with Crippen molar-refractivity contribution in [3.63, 3.8) is 0 Å². The largest absolute Gasteiger partial charge is 0.396 e. The van der Waals surface area contributed by atoms with E-state index < -0.39 is 0 Å². The third-order valence-electron chi connectivity index (χ3n) is 3.57. The number of hydrogen-bond donors (Lipinski definition) is 2. The Morgan fingerprint density at radius 2 is 2.06 bits per heavy atom. The lowest BCUT2D eigenvalue weighted by molar-refractivity contribution is 0.141. The van der Waals surface area contributed by atoms with Crippen LogP contribution in [0.4, 0.5) is 10.2 Å². The van der Waals surface area contributed by atoms with E-state index in [0.29, 0.717) is 17.7 Å². The molecule has 1 saturated carbocycles. The summed E-state index contributed by atoms with van der Waals surface area (Å²) in [5, 5.41) is 12.5. The predicted octanol–water partition coefficient (Wildman–Crippen LogP) is 2.43. The van der Waals surface area contributed by atoms with E-state index >= 15 is 0 Å². The summed E-state index contributed by atoms with van der Waals surface area (Å²) >= 11 is 0. The maximum Gasteiger partial charge on any atom is 0.141 e. The van der Waals surface area contributed by atoms with Gasteiger partial charge in [-0.15, -0.1) is 0 Å². The minimum atomic E-state index is -0.318. The van der Waals surface area contributed by atoms with E-state index in [1.165, 1.54) is 25.1 Å². The Labute approximate surface area is 101 Å². The zero-order valence-electron chi connectivity index (χ0n) is 9.90. The molecule has 0 radical (unpaired) electrons. The molecule has 0 amide bonds. The van der Waals surface area contributed by atoms with Gasteiger partial charge in [0.05, 0.1) is 6.20 Å². The lowest BCUT2D eigenvalue weighted by Gasteiger charge is -2.30. The van der Waals surface area contributed by atoms with Crippen LogP contribution in [0.5, 0.6) is 0 Å². The van der Waals surface area contributed by atoms with Crippen molar-refractivity contribution in [1.29, 1.82) is 0 Å². The summed E-state index contributed by atoms with van der Waals surface area (Å²) in [6.45, 7) is 1.08.